The molecule has 25 heavy (non-hydrogen) atoms. The highest BCUT2D eigenvalue weighted by atomic mass is 16.5. The summed E-state index contributed by atoms with van der Waals surface area (Å²) in [4.78, 5) is 27.8. The van der Waals surface area contributed by atoms with Crippen molar-refractivity contribution < 1.29 is 9.53 Å². The second-order valence-corrected chi connectivity index (χ2v) is 7.55. The number of aryl methyl sites for hydroxylation is 1. The Hall–Kier alpha value is -1.62. The Morgan fingerprint density at radius 2 is 2.04 bits per heavy atom. The summed E-state index contributed by atoms with van der Waals surface area (Å²) >= 11 is 0. The number of hydrogen-bond acceptors (Lipinski definition) is 3. The highest BCUT2D eigenvalue weighted by molar-refractivity contribution is 5.94. The van der Waals surface area contributed by atoms with Gasteiger partial charge >= 0.3 is 0 Å². The number of ether oxygens (including phenoxy) is 1. The van der Waals surface area contributed by atoms with Gasteiger partial charge in [-0.2, -0.15) is 0 Å². The van der Waals surface area contributed by atoms with Crippen molar-refractivity contribution in [1.29, 1.82) is 0 Å². The molecule has 2 fully saturated rings. The molecule has 1 aliphatic heterocycles. The lowest BCUT2D eigenvalue weighted by atomic mass is 9.85. The number of nitrogens with zero attached hydrogens (tertiary/aromatic N) is 2. The van der Waals surface area contributed by atoms with Crippen LogP contribution in [-0.4, -0.2) is 41.2 Å². The molecule has 2 aliphatic rings. The van der Waals surface area contributed by atoms with E-state index in [1.165, 1.54) is 19.3 Å². The Kier molecular flexibility index (Phi) is 5.62. The van der Waals surface area contributed by atoms with E-state index in [1.807, 2.05) is 18.7 Å². The summed E-state index contributed by atoms with van der Waals surface area (Å²) in [5, 5.41) is 0. The third-order valence-electron chi connectivity index (χ3n) is 5.76. The van der Waals surface area contributed by atoms with Gasteiger partial charge in [-0.25, -0.2) is 0 Å². The normalized spacial score (nSPS) is 20.5. The zero-order valence-electron chi connectivity index (χ0n) is 15.7. The minimum Gasteiger partial charge on any atom is -0.376 e. The molecule has 0 aromatic carbocycles. The molecule has 1 saturated carbocycles. The molecular weight excluding hydrogens is 316 g/mol. The van der Waals surface area contributed by atoms with Crippen LogP contribution in [0.3, 0.4) is 0 Å². The van der Waals surface area contributed by atoms with E-state index in [2.05, 4.69) is 0 Å². The Labute approximate surface area is 150 Å². The topological polar surface area (TPSA) is 51.5 Å². The molecule has 0 bridgehead atoms. The highest BCUT2D eigenvalue weighted by Gasteiger charge is 2.29. The summed E-state index contributed by atoms with van der Waals surface area (Å²) in [5.74, 6) is 0.443. The predicted molar refractivity (Wildman–Crippen MR) is 98.0 cm³/mol. The molecule has 1 saturated heterocycles. The molecule has 1 aliphatic carbocycles. The van der Waals surface area contributed by atoms with Gasteiger partial charge in [0, 0.05) is 32.4 Å². The van der Waals surface area contributed by atoms with E-state index in [4.69, 9.17) is 4.74 Å². The first-order valence-corrected chi connectivity index (χ1v) is 9.61. The molecule has 5 nitrogen and oxygen atoms in total. The molecule has 0 N–H and O–H groups in total. The van der Waals surface area contributed by atoms with E-state index >= 15 is 0 Å². The standard InChI is InChI=1S/C20H30N2O3/c1-4-18-14(2)11-17(19(23)21(18)3)20(24)22(12-15-7-5-8-15)13-16-9-6-10-25-16/h11,15-16H,4-10,12-13H2,1-3H3. The van der Waals surface area contributed by atoms with Crippen molar-refractivity contribution in [3.05, 3.63) is 33.2 Å². The van der Waals surface area contributed by atoms with Gasteiger partial charge in [0.2, 0.25) is 0 Å². The number of aromatic nitrogens is 1. The Morgan fingerprint density at radius 1 is 1.28 bits per heavy atom. The SMILES string of the molecule is CCc1c(C)cc(C(=O)N(CC2CCC2)CC2CCCO2)c(=O)n1C. The quantitative estimate of drug-likeness (QED) is 0.796. The zero-order chi connectivity index (χ0) is 18.0. The minimum atomic E-state index is -0.182. The van der Waals surface area contributed by atoms with Crippen LogP contribution in [0.15, 0.2) is 10.9 Å². The van der Waals surface area contributed by atoms with Gasteiger partial charge in [0.15, 0.2) is 0 Å². The minimum absolute atomic E-state index is 0.115. The Morgan fingerprint density at radius 3 is 2.60 bits per heavy atom. The molecule has 1 aromatic heterocycles. The van der Waals surface area contributed by atoms with Gasteiger partial charge in [0.1, 0.15) is 5.56 Å². The van der Waals surface area contributed by atoms with Crippen LogP contribution in [0.4, 0.5) is 0 Å². The van der Waals surface area contributed by atoms with Crippen molar-refractivity contribution in [1.82, 2.24) is 9.47 Å². The third kappa shape index (κ3) is 3.81. The van der Waals surface area contributed by atoms with E-state index in [0.717, 1.165) is 43.7 Å². The first kappa shape index (κ1) is 18.2. The number of rotatable bonds is 6. The van der Waals surface area contributed by atoms with Crippen molar-refractivity contribution in [2.45, 2.75) is 58.5 Å². The molecule has 0 spiro atoms. The lowest BCUT2D eigenvalue weighted by Gasteiger charge is -2.33. The largest absolute Gasteiger partial charge is 0.376 e. The van der Waals surface area contributed by atoms with Gasteiger partial charge < -0.3 is 14.2 Å². The average molecular weight is 346 g/mol. The maximum Gasteiger partial charge on any atom is 0.263 e. The maximum atomic E-state index is 13.2. The Balaban J connectivity index is 1.86. The van der Waals surface area contributed by atoms with Crippen molar-refractivity contribution in [2.75, 3.05) is 19.7 Å². The van der Waals surface area contributed by atoms with E-state index in [-0.39, 0.29) is 17.6 Å². The van der Waals surface area contributed by atoms with Crippen LogP contribution in [-0.2, 0) is 18.2 Å². The van der Waals surface area contributed by atoms with E-state index < -0.39 is 0 Å². The van der Waals surface area contributed by atoms with Crippen molar-refractivity contribution >= 4 is 5.91 Å². The lowest BCUT2D eigenvalue weighted by Crippen LogP contribution is -2.44. The average Bonchev–Trinajstić information content (AvgIpc) is 3.06. The number of hydrogen-bond donors (Lipinski definition) is 0. The van der Waals surface area contributed by atoms with Gasteiger partial charge in [-0.05, 0) is 56.6 Å². The molecule has 1 amide bonds. The number of amides is 1. The van der Waals surface area contributed by atoms with Gasteiger partial charge in [-0.15, -0.1) is 0 Å². The lowest BCUT2D eigenvalue weighted by molar-refractivity contribution is 0.0446. The maximum absolute atomic E-state index is 13.2. The monoisotopic (exact) mass is 346 g/mol. The molecule has 1 unspecified atom stereocenters. The van der Waals surface area contributed by atoms with Crippen LogP contribution in [0, 0.1) is 12.8 Å². The van der Waals surface area contributed by atoms with Crippen LogP contribution < -0.4 is 5.56 Å². The third-order valence-corrected chi connectivity index (χ3v) is 5.76. The molecule has 5 heteroatoms. The first-order chi connectivity index (χ1) is 12.0. The molecule has 3 rings (SSSR count). The van der Waals surface area contributed by atoms with Crippen LogP contribution in [0.5, 0.6) is 0 Å². The van der Waals surface area contributed by atoms with Gasteiger partial charge in [0.05, 0.1) is 6.10 Å². The highest BCUT2D eigenvalue weighted by Crippen LogP contribution is 2.28. The summed E-state index contributed by atoms with van der Waals surface area (Å²) in [6.45, 7) is 6.14. The fourth-order valence-corrected chi connectivity index (χ4v) is 4.03. The summed E-state index contributed by atoms with van der Waals surface area (Å²) in [7, 11) is 1.77. The van der Waals surface area contributed by atoms with E-state index in [9.17, 15) is 9.59 Å². The van der Waals surface area contributed by atoms with E-state index in [0.29, 0.717) is 18.0 Å². The summed E-state index contributed by atoms with van der Waals surface area (Å²) in [6, 6.07) is 1.78. The van der Waals surface area contributed by atoms with E-state index in [1.54, 1.807) is 17.7 Å². The predicted octanol–water partition coefficient (Wildman–Crippen LogP) is 2.68. The first-order valence-electron chi connectivity index (χ1n) is 9.61. The zero-order valence-corrected chi connectivity index (χ0v) is 15.7. The number of carbonyl (C=O) groups is 1. The Bertz CT molecular complexity index is 685. The van der Waals surface area contributed by atoms with Crippen LogP contribution >= 0.6 is 0 Å². The van der Waals surface area contributed by atoms with Crippen molar-refractivity contribution in [3.8, 4) is 0 Å². The second kappa shape index (κ2) is 7.73. The molecule has 0 radical (unpaired) electrons. The van der Waals surface area contributed by atoms with Gasteiger partial charge in [-0.1, -0.05) is 13.3 Å². The summed E-state index contributed by atoms with van der Waals surface area (Å²) in [6.07, 6.45) is 6.57. The van der Waals surface area contributed by atoms with Crippen LogP contribution in [0.1, 0.15) is 60.6 Å². The van der Waals surface area contributed by atoms with Crippen molar-refractivity contribution in [2.24, 2.45) is 13.0 Å². The number of pyridine rings is 1. The summed E-state index contributed by atoms with van der Waals surface area (Å²) in [5.41, 5.74) is 2.12. The summed E-state index contributed by atoms with van der Waals surface area (Å²) < 4.78 is 7.37. The van der Waals surface area contributed by atoms with Gasteiger partial charge in [-0.3, -0.25) is 9.59 Å². The number of carbonyl (C=O) groups excluding carboxylic acids is 1. The molecule has 2 heterocycles. The van der Waals surface area contributed by atoms with Gasteiger partial charge in [0.25, 0.3) is 11.5 Å². The molecule has 1 atom stereocenters. The van der Waals surface area contributed by atoms with Crippen LogP contribution in [0.2, 0.25) is 0 Å². The van der Waals surface area contributed by atoms with Crippen LogP contribution in [0.25, 0.3) is 0 Å². The fourth-order valence-electron chi connectivity index (χ4n) is 4.03. The fraction of sp³-hybridized carbons (Fsp3) is 0.700. The second-order valence-electron chi connectivity index (χ2n) is 7.55. The molecule has 138 valence electrons. The molecular formula is C20H30N2O3. The van der Waals surface area contributed by atoms with Crippen molar-refractivity contribution in [3.63, 3.8) is 0 Å². The smallest absolute Gasteiger partial charge is 0.263 e. The molecule has 1 aromatic rings.